The van der Waals surface area contributed by atoms with E-state index in [1.165, 1.54) is 152 Å². The lowest BCUT2D eigenvalue weighted by Gasteiger charge is -2.24. The third-order valence-corrected chi connectivity index (χ3v) is 17.6. The maximum absolute atomic E-state index is 5.82. The molecule has 0 unspecified atom stereocenters. The fraction of sp³-hybridized carbons (Fsp3) is 0.0541. The molecule has 78 heavy (non-hydrogen) atoms. The zero-order valence-electron chi connectivity index (χ0n) is 43.3. The minimum atomic E-state index is 0.827. The molecule has 0 heterocycles. The molecule has 0 atom stereocenters. The molecule has 0 N–H and O–H groups in total. The molecule has 0 aromatic heterocycles. The van der Waals surface area contributed by atoms with Gasteiger partial charge in [0.05, 0.1) is 28.4 Å². The van der Waals surface area contributed by atoms with Crippen LogP contribution < -0.4 is 18.9 Å². The maximum atomic E-state index is 5.82. The van der Waals surface area contributed by atoms with Gasteiger partial charge in [0, 0.05) is 0 Å². The van der Waals surface area contributed by atoms with E-state index in [0.717, 1.165) is 45.3 Å². The summed E-state index contributed by atoms with van der Waals surface area (Å²) in [5, 5.41) is 30.3. The second-order valence-corrected chi connectivity index (χ2v) is 21.1. The summed E-state index contributed by atoms with van der Waals surface area (Å²) in [4.78, 5) is 0. The Labute approximate surface area is 448 Å². The van der Waals surface area contributed by atoms with Crippen molar-refractivity contribution in [2.24, 2.45) is 0 Å². The number of ether oxygens (including phenoxy) is 4. The van der Waals surface area contributed by atoms with Gasteiger partial charge in [0.1, 0.15) is 23.0 Å². The first kappa shape index (κ1) is 43.4. The van der Waals surface area contributed by atoms with Gasteiger partial charge in [0.15, 0.2) is 0 Å². The van der Waals surface area contributed by atoms with Gasteiger partial charge in [-0.2, -0.15) is 0 Å². The largest absolute Gasteiger partial charge is 0.497 e. The van der Waals surface area contributed by atoms with Crippen molar-refractivity contribution in [2.45, 2.75) is 0 Å². The van der Waals surface area contributed by atoms with Gasteiger partial charge in [-0.15, -0.1) is 0 Å². The number of fused-ring (bicyclic) bond motifs is 12. The Balaban J connectivity index is 1.24. The summed E-state index contributed by atoms with van der Waals surface area (Å²) in [6.45, 7) is 0. The van der Waals surface area contributed by atoms with E-state index in [2.05, 4.69) is 206 Å². The molecule has 17 aromatic carbocycles. The minimum Gasteiger partial charge on any atom is -0.497 e. The highest BCUT2D eigenvalue weighted by atomic mass is 16.5. The van der Waals surface area contributed by atoms with Crippen LogP contribution in [0.25, 0.3) is 174 Å². The van der Waals surface area contributed by atoms with Crippen molar-refractivity contribution in [3.63, 3.8) is 0 Å². The summed E-state index contributed by atoms with van der Waals surface area (Å²) < 4.78 is 23.2. The lowest BCUT2D eigenvalue weighted by Crippen LogP contribution is -1.96. The quantitative estimate of drug-likeness (QED) is 0.112. The molecule has 0 saturated carbocycles. The fourth-order valence-electron chi connectivity index (χ4n) is 14.4. The number of methoxy groups -OCH3 is 4. The Morgan fingerprint density at radius 2 is 0.410 bits per heavy atom. The third kappa shape index (κ3) is 5.58. The summed E-state index contributed by atoms with van der Waals surface area (Å²) in [5.41, 5.74) is 9.35. The van der Waals surface area contributed by atoms with E-state index in [-0.39, 0.29) is 0 Å². The van der Waals surface area contributed by atoms with Gasteiger partial charge in [-0.25, -0.2) is 0 Å². The van der Waals surface area contributed by atoms with Gasteiger partial charge in [-0.05, 0) is 247 Å². The molecule has 4 nitrogen and oxygen atoms in total. The first-order valence-electron chi connectivity index (χ1n) is 26.7. The van der Waals surface area contributed by atoms with E-state index in [9.17, 15) is 0 Å². The predicted octanol–water partition coefficient (Wildman–Crippen LogP) is 20.0. The summed E-state index contributed by atoms with van der Waals surface area (Å²) in [6.07, 6.45) is 0. The topological polar surface area (TPSA) is 36.9 Å². The Morgan fingerprint density at radius 1 is 0.192 bits per heavy atom. The van der Waals surface area contributed by atoms with E-state index < -0.39 is 0 Å². The smallest absolute Gasteiger partial charge is 0.118 e. The summed E-state index contributed by atoms with van der Waals surface area (Å²) in [5.74, 6) is 3.32. The lowest BCUT2D eigenvalue weighted by molar-refractivity contribution is 0.415. The monoisotopic (exact) mass is 998 g/mol. The van der Waals surface area contributed by atoms with Crippen LogP contribution in [0, 0.1) is 0 Å². The van der Waals surface area contributed by atoms with E-state index in [1.54, 1.807) is 28.4 Å². The molecule has 0 saturated heterocycles. The van der Waals surface area contributed by atoms with Crippen molar-refractivity contribution < 1.29 is 18.9 Å². The van der Waals surface area contributed by atoms with Gasteiger partial charge in [-0.3, -0.25) is 0 Å². The van der Waals surface area contributed by atoms with Crippen molar-refractivity contribution >= 4 is 129 Å². The second kappa shape index (κ2) is 15.8. The molecule has 0 bridgehead atoms. The average Bonchev–Trinajstić information content (AvgIpc) is 3.95. The highest BCUT2D eigenvalue weighted by Gasteiger charge is 2.33. The second-order valence-electron chi connectivity index (χ2n) is 21.1. The molecule has 0 aliphatic heterocycles. The standard InChI is InChI=1S/C74H46O4/c1-75-47-27-19-39(20-28-47)55-35-43-11-9-13-45-37-57(41-23-31-49(77-3)32-24-41)67-69(59(43)45)65(55)61-51-15-5-7-17-53(51)63-71(61)73(67)64-54-18-8-6-16-52(54)62-66-56(40-21-29-48(76-2)30-22-40)36-44-12-10-14-46-38-58(42-25-33-50(78-4)34-26-42)68(70(66)60(44)46)74(63)72(62)64/h5-38H,1-4H3. The SMILES string of the molecule is COc1ccc(-c2cc3cccc4cc(-c5ccc(OC)cc5)c5c(c2c2c6ccccc6c6c7c8c(-c9ccc(OC)cc9)cc9cccc%10cc(-c%11ccc(OC)cc%11)c(c%11c%12ccccc%12c(c5c26)c%117)c8c%109)c34)cc1. The molecule has 0 amide bonds. The molecular formula is C74H46O4. The van der Waals surface area contributed by atoms with Crippen LogP contribution in [0.15, 0.2) is 206 Å². The third-order valence-electron chi connectivity index (χ3n) is 17.6. The van der Waals surface area contributed by atoms with Crippen molar-refractivity contribution in [2.75, 3.05) is 28.4 Å². The van der Waals surface area contributed by atoms with Crippen LogP contribution in [-0.2, 0) is 0 Å². The highest BCUT2D eigenvalue weighted by Crippen LogP contribution is 2.62. The predicted molar refractivity (Wildman–Crippen MR) is 329 cm³/mol. The number of hydrogen-bond donors (Lipinski definition) is 0. The molecule has 366 valence electrons. The zero-order chi connectivity index (χ0) is 51.7. The van der Waals surface area contributed by atoms with E-state index >= 15 is 0 Å². The van der Waals surface area contributed by atoms with E-state index in [1.807, 2.05) is 0 Å². The summed E-state index contributed by atoms with van der Waals surface area (Å²) >= 11 is 0. The highest BCUT2D eigenvalue weighted by molar-refractivity contribution is 6.60. The van der Waals surface area contributed by atoms with Crippen LogP contribution in [0.3, 0.4) is 0 Å². The molecule has 0 aliphatic carbocycles. The molecule has 17 rings (SSSR count). The van der Waals surface area contributed by atoms with Gasteiger partial charge in [0.25, 0.3) is 0 Å². The zero-order valence-corrected chi connectivity index (χ0v) is 43.3. The first-order chi connectivity index (χ1) is 38.5. The molecule has 0 fully saturated rings. The van der Waals surface area contributed by atoms with Gasteiger partial charge < -0.3 is 18.9 Å². The fourth-order valence-corrected chi connectivity index (χ4v) is 14.4. The molecule has 0 spiro atoms. The normalized spacial score (nSPS) is 12.4. The molecule has 0 radical (unpaired) electrons. The summed E-state index contributed by atoms with van der Waals surface area (Å²) in [7, 11) is 6.97. The Hall–Kier alpha value is -9.90. The molecular weight excluding hydrogens is 953 g/mol. The lowest BCUT2D eigenvalue weighted by atomic mass is 9.78. The van der Waals surface area contributed by atoms with Crippen molar-refractivity contribution in [3.8, 4) is 67.5 Å². The Bertz CT molecular complexity index is 4940. The minimum absolute atomic E-state index is 0.827. The van der Waals surface area contributed by atoms with Crippen LogP contribution in [-0.4, -0.2) is 28.4 Å². The van der Waals surface area contributed by atoms with Crippen LogP contribution >= 0.6 is 0 Å². The molecule has 4 heteroatoms. The maximum Gasteiger partial charge on any atom is 0.118 e. The van der Waals surface area contributed by atoms with Gasteiger partial charge in [0.2, 0.25) is 0 Å². The number of rotatable bonds is 8. The first-order valence-corrected chi connectivity index (χ1v) is 26.7. The number of hydrogen-bond acceptors (Lipinski definition) is 4. The van der Waals surface area contributed by atoms with Crippen molar-refractivity contribution in [1.29, 1.82) is 0 Å². The van der Waals surface area contributed by atoms with Crippen LogP contribution in [0.1, 0.15) is 0 Å². The van der Waals surface area contributed by atoms with Crippen molar-refractivity contribution in [3.05, 3.63) is 206 Å². The summed E-state index contributed by atoms with van der Waals surface area (Å²) in [6, 6.07) is 76.8. The Morgan fingerprint density at radius 3 is 0.667 bits per heavy atom. The average molecular weight is 999 g/mol. The van der Waals surface area contributed by atoms with Crippen LogP contribution in [0.5, 0.6) is 23.0 Å². The Kier molecular flexibility index (Phi) is 8.80. The molecule has 17 aromatic rings. The number of benzene rings is 15. The molecule has 0 aliphatic rings. The van der Waals surface area contributed by atoms with E-state index in [0.29, 0.717) is 0 Å². The van der Waals surface area contributed by atoms with Gasteiger partial charge in [-0.1, -0.05) is 133 Å². The van der Waals surface area contributed by atoms with Gasteiger partial charge >= 0.3 is 0 Å². The van der Waals surface area contributed by atoms with E-state index in [4.69, 9.17) is 18.9 Å². The van der Waals surface area contributed by atoms with Crippen LogP contribution in [0.2, 0.25) is 0 Å². The van der Waals surface area contributed by atoms with Crippen molar-refractivity contribution in [1.82, 2.24) is 0 Å². The van der Waals surface area contributed by atoms with Crippen LogP contribution in [0.4, 0.5) is 0 Å².